The van der Waals surface area contributed by atoms with Gasteiger partial charge in [0.2, 0.25) is 11.8 Å². The van der Waals surface area contributed by atoms with Crippen LogP contribution < -0.4 is 4.74 Å². The van der Waals surface area contributed by atoms with E-state index in [9.17, 15) is 9.59 Å². The van der Waals surface area contributed by atoms with E-state index in [0.717, 1.165) is 18.6 Å². The van der Waals surface area contributed by atoms with Crippen LogP contribution in [0.1, 0.15) is 56.9 Å². The van der Waals surface area contributed by atoms with E-state index in [1.54, 1.807) is 4.90 Å². The van der Waals surface area contributed by atoms with Gasteiger partial charge in [0.1, 0.15) is 12.4 Å². The van der Waals surface area contributed by atoms with Gasteiger partial charge in [0.25, 0.3) is 0 Å². The van der Waals surface area contributed by atoms with Crippen LogP contribution >= 0.6 is 0 Å². The zero-order valence-corrected chi connectivity index (χ0v) is 17.4. The highest BCUT2D eigenvalue weighted by molar-refractivity contribution is 5.84. The molecule has 1 heterocycles. The molecule has 0 unspecified atom stereocenters. The van der Waals surface area contributed by atoms with Crippen molar-refractivity contribution >= 4 is 11.8 Å². The normalized spacial score (nSPS) is 21.3. The number of carbonyl (C=O) groups is 2. The van der Waals surface area contributed by atoms with Crippen LogP contribution in [0.3, 0.4) is 0 Å². The van der Waals surface area contributed by atoms with Crippen molar-refractivity contribution in [2.24, 2.45) is 5.92 Å². The Balaban J connectivity index is 1.49. The second-order valence-corrected chi connectivity index (χ2v) is 8.35. The van der Waals surface area contributed by atoms with Gasteiger partial charge in [-0.15, -0.1) is 0 Å². The minimum Gasteiger partial charge on any atom is -0.492 e. The minimum atomic E-state index is -0.0784. The van der Waals surface area contributed by atoms with Crippen LogP contribution in [-0.4, -0.2) is 54.4 Å². The highest BCUT2D eigenvalue weighted by Gasteiger charge is 2.35. The molecule has 1 saturated heterocycles. The van der Waals surface area contributed by atoms with E-state index in [4.69, 9.17) is 4.74 Å². The number of hydrogen-bond acceptors (Lipinski definition) is 3. The molecule has 0 bridgehead atoms. The van der Waals surface area contributed by atoms with E-state index in [1.165, 1.54) is 31.2 Å². The maximum Gasteiger partial charge on any atom is 0.227 e. The van der Waals surface area contributed by atoms with Crippen molar-refractivity contribution in [3.8, 4) is 5.75 Å². The Labute approximate surface area is 169 Å². The first-order valence-electron chi connectivity index (χ1n) is 10.8. The summed E-state index contributed by atoms with van der Waals surface area (Å²) in [5, 5.41) is 0. The third kappa shape index (κ3) is 5.49. The fourth-order valence-electron chi connectivity index (χ4n) is 4.35. The molecule has 5 nitrogen and oxygen atoms in total. The van der Waals surface area contributed by atoms with E-state index in [0.29, 0.717) is 38.6 Å². The lowest BCUT2D eigenvalue weighted by molar-refractivity contribution is -0.144. The third-order valence-corrected chi connectivity index (χ3v) is 6.15. The number of carbonyl (C=O) groups excluding carboxylic acids is 2. The highest BCUT2D eigenvalue weighted by atomic mass is 16.5. The van der Waals surface area contributed by atoms with Crippen LogP contribution in [-0.2, 0) is 9.59 Å². The van der Waals surface area contributed by atoms with Crippen LogP contribution in [0.5, 0.6) is 5.75 Å². The fourth-order valence-corrected chi connectivity index (χ4v) is 4.35. The number of aryl methyl sites for hydroxylation is 1. The molecule has 3 rings (SSSR count). The smallest absolute Gasteiger partial charge is 0.227 e. The summed E-state index contributed by atoms with van der Waals surface area (Å²) in [5.74, 6) is 1.12. The number of rotatable bonds is 6. The summed E-state index contributed by atoms with van der Waals surface area (Å²) in [6.45, 7) is 3.67. The number of piperidine rings is 1. The SMILES string of the molecule is Cc1ccc(OCCN(C)C(=O)[C@@H]2CCC(=O)N(C3CCCCCC3)C2)cc1. The van der Waals surface area contributed by atoms with E-state index >= 15 is 0 Å². The van der Waals surface area contributed by atoms with Gasteiger partial charge in [-0.05, 0) is 38.3 Å². The first-order valence-corrected chi connectivity index (χ1v) is 10.8. The molecule has 1 aromatic rings. The van der Waals surface area contributed by atoms with Gasteiger partial charge >= 0.3 is 0 Å². The lowest BCUT2D eigenvalue weighted by Crippen LogP contribution is -2.50. The lowest BCUT2D eigenvalue weighted by Gasteiger charge is -2.38. The van der Waals surface area contributed by atoms with Gasteiger partial charge in [-0.3, -0.25) is 9.59 Å². The predicted molar refractivity (Wildman–Crippen MR) is 110 cm³/mol. The molecule has 1 aliphatic carbocycles. The predicted octanol–water partition coefficient (Wildman–Crippen LogP) is 3.79. The molecule has 1 aliphatic heterocycles. The maximum absolute atomic E-state index is 12.9. The van der Waals surface area contributed by atoms with Crippen molar-refractivity contribution in [3.63, 3.8) is 0 Å². The molecule has 1 atom stereocenters. The molecule has 2 aliphatic rings. The first kappa shape index (κ1) is 20.7. The molecule has 5 heteroatoms. The molecule has 2 fully saturated rings. The number of likely N-dealkylation sites (tertiary alicyclic amines) is 1. The maximum atomic E-state index is 12.9. The fraction of sp³-hybridized carbons (Fsp3) is 0.652. The number of benzene rings is 1. The Morgan fingerprint density at radius 2 is 1.79 bits per heavy atom. The van der Waals surface area contributed by atoms with E-state index in [1.807, 2.05) is 43.1 Å². The Morgan fingerprint density at radius 1 is 1.11 bits per heavy atom. The number of nitrogens with zero attached hydrogens (tertiary/aromatic N) is 2. The lowest BCUT2D eigenvalue weighted by atomic mass is 9.93. The molecular weight excluding hydrogens is 352 g/mol. The molecule has 154 valence electrons. The van der Waals surface area contributed by atoms with Gasteiger partial charge in [-0.1, -0.05) is 43.4 Å². The summed E-state index contributed by atoms with van der Waals surface area (Å²) in [6, 6.07) is 8.28. The number of hydrogen-bond donors (Lipinski definition) is 0. The molecule has 0 N–H and O–H groups in total. The highest BCUT2D eigenvalue weighted by Crippen LogP contribution is 2.28. The van der Waals surface area contributed by atoms with Crippen molar-refractivity contribution in [2.45, 2.75) is 64.3 Å². The van der Waals surface area contributed by atoms with Gasteiger partial charge in [-0.2, -0.15) is 0 Å². The van der Waals surface area contributed by atoms with Crippen molar-refractivity contribution < 1.29 is 14.3 Å². The topological polar surface area (TPSA) is 49.9 Å². The monoisotopic (exact) mass is 386 g/mol. The summed E-state index contributed by atoms with van der Waals surface area (Å²) in [7, 11) is 1.84. The molecule has 2 amide bonds. The molecule has 1 saturated carbocycles. The standard InChI is InChI=1S/C23H34N2O3/c1-18-9-12-21(13-10-18)28-16-15-24(2)23(27)19-11-14-22(26)25(17-19)20-7-5-3-4-6-8-20/h9-10,12-13,19-20H,3-8,11,14-17H2,1-2H3/t19-/m1/s1. The quantitative estimate of drug-likeness (QED) is 0.699. The molecular formula is C23H34N2O3. The van der Waals surface area contributed by atoms with Gasteiger partial charge in [0.15, 0.2) is 0 Å². The summed E-state index contributed by atoms with van der Waals surface area (Å²) in [5.41, 5.74) is 1.20. The van der Waals surface area contributed by atoms with Crippen molar-refractivity contribution in [2.75, 3.05) is 26.7 Å². The first-order chi connectivity index (χ1) is 13.5. The summed E-state index contributed by atoms with van der Waals surface area (Å²) in [4.78, 5) is 29.2. The van der Waals surface area contributed by atoms with Gasteiger partial charge in [0, 0.05) is 26.1 Å². The van der Waals surface area contributed by atoms with Crippen LogP contribution in [0.25, 0.3) is 0 Å². The minimum absolute atomic E-state index is 0.0784. The third-order valence-electron chi connectivity index (χ3n) is 6.15. The molecule has 1 aromatic carbocycles. The Kier molecular flexibility index (Phi) is 7.35. The second kappa shape index (κ2) is 9.94. The van der Waals surface area contributed by atoms with Crippen LogP contribution in [0.15, 0.2) is 24.3 Å². The van der Waals surface area contributed by atoms with E-state index in [2.05, 4.69) is 0 Å². The largest absolute Gasteiger partial charge is 0.492 e. The van der Waals surface area contributed by atoms with Crippen LogP contribution in [0, 0.1) is 12.8 Å². The van der Waals surface area contributed by atoms with Crippen molar-refractivity contribution in [1.29, 1.82) is 0 Å². The molecule has 0 spiro atoms. The van der Waals surface area contributed by atoms with Crippen LogP contribution in [0.4, 0.5) is 0 Å². The number of likely N-dealkylation sites (N-methyl/N-ethyl adjacent to an activating group) is 1. The van der Waals surface area contributed by atoms with E-state index in [-0.39, 0.29) is 17.7 Å². The van der Waals surface area contributed by atoms with E-state index < -0.39 is 0 Å². The Bertz CT molecular complexity index is 650. The average molecular weight is 387 g/mol. The number of ether oxygens (including phenoxy) is 1. The van der Waals surface area contributed by atoms with Gasteiger partial charge in [-0.25, -0.2) is 0 Å². The average Bonchev–Trinajstić information content (AvgIpc) is 2.98. The van der Waals surface area contributed by atoms with Crippen molar-refractivity contribution in [3.05, 3.63) is 29.8 Å². The molecule has 0 aromatic heterocycles. The number of amides is 2. The summed E-state index contributed by atoms with van der Waals surface area (Å²) in [6.07, 6.45) is 8.28. The summed E-state index contributed by atoms with van der Waals surface area (Å²) < 4.78 is 5.76. The second-order valence-electron chi connectivity index (χ2n) is 8.35. The zero-order chi connectivity index (χ0) is 19.9. The van der Waals surface area contributed by atoms with Crippen molar-refractivity contribution in [1.82, 2.24) is 9.80 Å². The zero-order valence-electron chi connectivity index (χ0n) is 17.4. The Hall–Kier alpha value is -2.04. The molecule has 0 radical (unpaired) electrons. The van der Waals surface area contributed by atoms with Crippen LogP contribution in [0.2, 0.25) is 0 Å². The molecule has 28 heavy (non-hydrogen) atoms. The van der Waals surface area contributed by atoms with Gasteiger partial charge in [0.05, 0.1) is 12.5 Å². The van der Waals surface area contributed by atoms with Gasteiger partial charge < -0.3 is 14.5 Å². The summed E-state index contributed by atoms with van der Waals surface area (Å²) >= 11 is 0. The Morgan fingerprint density at radius 3 is 2.46 bits per heavy atom.